The first-order valence-corrected chi connectivity index (χ1v) is 6.24. The summed E-state index contributed by atoms with van der Waals surface area (Å²) in [6.45, 7) is 5.72. The smallest absolute Gasteiger partial charge is 0.309 e. The normalized spacial score (nSPS) is 14.9. The molecule has 0 radical (unpaired) electrons. The Morgan fingerprint density at radius 2 is 1.47 bits per heavy atom. The highest BCUT2D eigenvalue weighted by Gasteiger charge is 2.30. The Balaban J connectivity index is 1.70. The standard InChI is InChI=1S/C12H22O5/c1-2-14-5-6-15-7-8-16-9-10-17-12(13)11-3-4-11/h11H,2-10H2,1H3. The molecule has 0 bridgehead atoms. The van der Waals surface area contributed by atoms with Gasteiger partial charge in [0.25, 0.3) is 0 Å². The molecule has 1 aliphatic rings. The van der Waals surface area contributed by atoms with E-state index in [2.05, 4.69) is 0 Å². The van der Waals surface area contributed by atoms with Crippen molar-refractivity contribution in [3.05, 3.63) is 0 Å². The number of rotatable bonds is 11. The molecule has 0 N–H and O–H groups in total. The molecule has 0 aliphatic heterocycles. The van der Waals surface area contributed by atoms with Crippen LogP contribution in [0.15, 0.2) is 0 Å². The molecule has 0 saturated heterocycles. The van der Waals surface area contributed by atoms with Crippen molar-refractivity contribution in [3.63, 3.8) is 0 Å². The van der Waals surface area contributed by atoms with Crippen molar-refractivity contribution in [2.24, 2.45) is 5.92 Å². The molecule has 1 saturated carbocycles. The summed E-state index contributed by atoms with van der Waals surface area (Å²) in [6.07, 6.45) is 1.96. The van der Waals surface area contributed by atoms with E-state index in [4.69, 9.17) is 18.9 Å². The molecule has 0 spiro atoms. The Morgan fingerprint density at radius 3 is 2.00 bits per heavy atom. The van der Waals surface area contributed by atoms with Crippen LogP contribution in [0, 0.1) is 5.92 Å². The monoisotopic (exact) mass is 246 g/mol. The van der Waals surface area contributed by atoms with Crippen molar-refractivity contribution >= 4 is 5.97 Å². The first-order chi connectivity index (χ1) is 8.34. The minimum absolute atomic E-state index is 0.0819. The lowest BCUT2D eigenvalue weighted by molar-refractivity contribution is -0.146. The third kappa shape index (κ3) is 8.12. The second kappa shape index (κ2) is 9.39. The highest BCUT2D eigenvalue weighted by atomic mass is 16.6. The lowest BCUT2D eigenvalue weighted by Crippen LogP contribution is -2.14. The molecule has 0 atom stereocenters. The van der Waals surface area contributed by atoms with Gasteiger partial charge < -0.3 is 18.9 Å². The topological polar surface area (TPSA) is 54.0 Å². The molecule has 5 heteroatoms. The van der Waals surface area contributed by atoms with E-state index in [0.29, 0.717) is 46.2 Å². The van der Waals surface area contributed by atoms with Crippen LogP contribution in [0.1, 0.15) is 19.8 Å². The molecule has 0 amide bonds. The van der Waals surface area contributed by atoms with Crippen molar-refractivity contribution in [2.45, 2.75) is 19.8 Å². The molecule has 0 heterocycles. The van der Waals surface area contributed by atoms with Gasteiger partial charge in [-0.25, -0.2) is 0 Å². The van der Waals surface area contributed by atoms with Crippen molar-refractivity contribution in [3.8, 4) is 0 Å². The lowest BCUT2D eigenvalue weighted by Gasteiger charge is -2.06. The zero-order valence-electron chi connectivity index (χ0n) is 10.5. The molecule has 0 aromatic rings. The summed E-state index contributed by atoms with van der Waals surface area (Å²) >= 11 is 0. The van der Waals surface area contributed by atoms with Crippen molar-refractivity contribution < 1.29 is 23.7 Å². The van der Waals surface area contributed by atoms with Crippen LogP contribution >= 0.6 is 0 Å². The Bertz CT molecular complexity index is 203. The van der Waals surface area contributed by atoms with Crippen molar-refractivity contribution in [1.29, 1.82) is 0 Å². The zero-order valence-corrected chi connectivity index (χ0v) is 10.5. The summed E-state index contributed by atoms with van der Waals surface area (Å²) < 4.78 is 20.6. The summed E-state index contributed by atoms with van der Waals surface area (Å²) in [5.74, 6) is 0.0819. The second-order valence-corrected chi connectivity index (χ2v) is 3.86. The average molecular weight is 246 g/mol. The minimum Gasteiger partial charge on any atom is -0.463 e. The first kappa shape index (κ1) is 14.4. The Kier molecular flexibility index (Phi) is 7.96. The molecule has 0 aromatic carbocycles. The van der Waals surface area contributed by atoms with Gasteiger partial charge in [-0.05, 0) is 19.8 Å². The molecule has 1 fully saturated rings. The van der Waals surface area contributed by atoms with E-state index < -0.39 is 0 Å². The van der Waals surface area contributed by atoms with Gasteiger partial charge in [0.15, 0.2) is 0 Å². The van der Waals surface area contributed by atoms with Crippen LogP contribution in [0.2, 0.25) is 0 Å². The van der Waals surface area contributed by atoms with Gasteiger partial charge in [-0.2, -0.15) is 0 Å². The van der Waals surface area contributed by atoms with Gasteiger partial charge in [-0.1, -0.05) is 0 Å². The van der Waals surface area contributed by atoms with Crippen LogP contribution in [0.3, 0.4) is 0 Å². The largest absolute Gasteiger partial charge is 0.463 e. The third-order valence-corrected chi connectivity index (χ3v) is 2.33. The predicted octanol–water partition coefficient (Wildman–Crippen LogP) is 1.01. The highest BCUT2D eigenvalue weighted by molar-refractivity contribution is 5.74. The third-order valence-electron chi connectivity index (χ3n) is 2.33. The molecule has 0 aromatic heterocycles. The molecule has 1 aliphatic carbocycles. The van der Waals surface area contributed by atoms with Gasteiger partial charge in [-0.15, -0.1) is 0 Å². The molecule has 100 valence electrons. The van der Waals surface area contributed by atoms with Gasteiger partial charge in [0, 0.05) is 6.61 Å². The quantitative estimate of drug-likeness (QED) is 0.402. The second-order valence-electron chi connectivity index (χ2n) is 3.86. The summed E-state index contributed by atoms with van der Waals surface area (Å²) in [4.78, 5) is 11.1. The number of esters is 1. The summed E-state index contributed by atoms with van der Waals surface area (Å²) in [5.41, 5.74) is 0. The fourth-order valence-corrected chi connectivity index (χ4v) is 1.22. The van der Waals surface area contributed by atoms with Gasteiger partial charge in [-0.3, -0.25) is 4.79 Å². The van der Waals surface area contributed by atoms with E-state index in [9.17, 15) is 4.79 Å². The zero-order chi connectivity index (χ0) is 12.3. The fraction of sp³-hybridized carbons (Fsp3) is 0.917. The fourth-order valence-electron chi connectivity index (χ4n) is 1.22. The van der Waals surface area contributed by atoms with Crippen LogP contribution in [0.5, 0.6) is 0 Å². The number of hydrogen-bond acceptors (Lipinski definition) is 5. The summed E-state index contributed by atoms with van der Waals surface area (Å²) in [6, 6.07) is 0. The van der Waals surface area contributed by atoms with Crippen LogP contribution in [-0.4, -0.2) is 52.2 Å². The Hall–Kier alpha value is -0.650. The highest BCUT2D eigenvalue weighted by Crippen LogP contribution is 2.29. The minimum atomic E-state index is -0.0819. The van der Waals surface area contributed by atoms with E-state index in [0.717, 1.165) is 12.8 Å². The van der Waals surface area contributed by atoms with Gasteiger partial charge in [0.05, 0.1) is 39.0 Å². The predicted molar refractivity (Wildman–Crippen MR) is 61.8 cm³/mol. The molecule has 17 heavy (non-hydrogen) atoms. The number of ether oxygens (including phenoxy) is 4. The molecular formula is C12H22O5. The van der Waals surface area contributed by atoms with E-state index in [-0.39, 0.29) is 11.9 Å². The summed E-state index contributed by atoms with van der Waals surface area (Å²) in [7, 11) is 0. The van der Waals surface area contributed by atoms with Crippen molar-refractivity contribution in [2.75, 3.05) is 46.2 Å². The van der Waals surface area contributed by atoms with Crippen LogP contribution < -0.4 is 0 Å². The summed E-state index contributed by atoms with van der Waals surface area (Å²) in [5, 5.41) is 0. The van der Waals surface area contributed by atoms with Crippen LogP contribution in [-0.2, 0) is 23.7 Å². The number of carbonyl (C=O) groups excluding carboxylic acids is 1. The Labute approximate surface area is 102 Å². The van der Waals surface area contributed by atoms with E-state index in [1.54, 1.807) is 0 Å². The first-order valence-electron chi connectivity index (χ1n) is 6.24. The molecule has 1 rings (SSSR count). The van der Waals surface area contributed by atoms with Crippen molar-refractivity contribution in [1.82, 2.24) is 0 Å². The van der Waals surface area contributed by atoms with E-state index in [1.165, 1.54) is 0 Å². The SMILES string of the molecule is CCOCCOCCOCCOC(=O)C1CC1. The number of hydrogen-bond donors (Lipinski definition) is 0. The maximum atomic E-state index is 11.1. The van der Waals surface area contributed by atoms with Gasteiger partial charge in [0.2, 0.25) is 0 Å². The van der Waals surface area contributed by atoms with E-state index >= 15 is 0 Å². The van der Waals surface area contributed by atoms with Gasteiger partial charge in [0.1, 0.15) is 6.61 Å². The van der Waals surface area contributed by atoms with Crippen LogP contribution in [0.4, 0.5) is 0 Å². The molecular weight excluding hydrogens is 224 g/mol. The maximum absolute atomic E-state index is 11.1. The maximum Gasteiger partial charge on any atom is 0.309 e. The Morgan fingerprint density at radius 1 is 0.941 bits per heavy atom. The lowest BCUT2D eigenvalue weighted by atomic mass is 10.4. The van der Waals surface area contributed by atoms with Crippen LogP contribution in [0.25, 0.3) is 0 Å². The number of carbonyl (C=O) groups is 1. The van der Waals surface area contributed by atoms with Gasteiger partial charge >= 0.3 is 5.97 Å². The molecule has 0 unspecified atom stereocenters. The average Bonchev–Trinajstić information content (AvgIpc) is 3.15. The van der Waals surface area contributed by atoms with E-state index in [1.807, 2.05) is 6.92 Å². The molecule has 5 nitrogen and oxygen atoms in total.